The number of nitrogens with two attached hydrogens (primary N) is 1. The molecule has 1 rings (SSSR count). The Morgan fingerprint density at radius 1 is 1.41 bits per heavy atom. The normalized spacial score (nSPS) is 12.7. The molecule has 2 nitrogen and oxygen atoms in total. The maximum atomic E-state index is 6.04. The average molecular weight is 253 g/mol. The maximum Gasteiger partial charge on any atom is 0.0556 e. The molecule has 0 aliphatic carbocycles. The highest BCUT2D eigenvalue weighted by Gasteiger charge is 2.07. The first-order valence-electron chi connectivity index (χ1n) is 6.14. The van der Waals surface area contributed by atoms with Gasteiger partial charge in [-0.15, -0.1) is 11.8 Å². The van der Waals surface area contributed by atoms with Crippen molar-refractivity contribution in [2.24, 2.45) is 5.73 Å². The highest BCUT2D eigenvalue weighted by Crippen LogP contribution is 2.25. The lowest BCUT2D eigenvalue weighted by Gasteiger charge is -2.14. The van der Waals surface area contributed by atoms with Gasteiger partial charge in [0.25, 0.3) is 0 Å². The number of thioether (sulfide) groups is 1. The van der Waals surface area contributed by atoms with Crippen LogP contribution in [0.25, 0.3) is 0 Å². The molecule has 0 amide bonds. The van der Waals surface area contributed by atoms with E-state index in [1.165, 1.54) is 16.0 Å². The fraction of sp³-hybridized carbons (Fsp3) is 0.571. The van der Waals surface area contributed by atoms with E-state index in [4.69, 9.17) is 10.5 Å². The number of aryl methyl sites for hydroxylation is 1. The minimum Gasteiger partial charge on any atom is -0.384 e. The molecule has 17 heavy (non-hydrogen) atoms. The van der Waals surface area contributed by atoms with E-state index >= 15 is 0 Å². The quantitative estimate of drug-likeness (QED) is 0.599. The second-order valence-electron chi connectivity index (χ2n) is 4.32. The van der Waals surface area contributed by atoms with E-state index < -0.39 is 0 Å². The molecule has 1 unspecified atom stereocenters. The van der Waals surface area contributed by atoms with Crippen LogP contribution in [0.5, 0.6) is 0 Å². The summed E-state index contributed by atoms with van der Waals surface area (Å²) in [5.41, 5.74) is 8.73. The molecule has 1 aromatic carbocycles. The zero-order chi connectivity index (χ0) is 12.7. The van der Waals surface area contributed by atoms with Crippen LogP contribution in [0.3, 0.4) is 0 Å². The average Bonchev–Trinajstić information content (AvgIpc) is 2.32. The van der Waals surface area contributed by atoms with Crippen LogP contribution in [0.1, 0.15) is 24.5 Å². The number of benzene rings is 1. The van der Waals surface area contributed by atoms with Crippen molar-refractivity contribution in [2.75, 3.05) is 19.5 Å². The lowest BCUT2D eigenvalue weighted by Crippen LogP contribution is -2.21. The zero-order valence-electron chi connectivity index (χ0n) is 11.0. The molecule has 0 fully saturated rings. The Balaban J connectivity index is 2.72. The molecule has 96 valence electrons. The molecular weight excluding hydrogens is 230 g/mol. The Morgan fingerprint density at radius 3 is 2.82 bits per heavy atom. The van der Waals surface area contributed by atoms with Gasteiger partial charge in [0, 0.05) is 23.8 Å². The first-order valence-corrected chi connectivity index (χ1v) is 7.12. The van der Waals surface area contributed by atoms with Crippen molar-refractivity contribution in [1.29, 1.82) is 0 Å². The highest BCUT2D eigenvalue weighted by molar-refractivity contribution is 7.99. The first-order chi connectivity index (χ1) is 8.17. The van der Waals surface area contributed by atoms with Gasteiger partial charge in [0.2, 0.25) is 0 Å². The molecule has 0 spiro atoms. The summed E-state index contributed by atoms with van der Waals surface area (Å²) in [7, 11) is 1.74. The van der Waals surface area contributed by atoms with Crippen molar-refractivity contribution in [3.63, 3.8) is 0 Å². The van der Waals surface area contributed by atoms with Gasteiger partial charge >= 0.3 is 0 Å². The summed E-state index contributed by atoms with van der Waals surface area (Å²) in [6, 6.07) is 6.88. The molecule has 1 aromatic rings. The Morgan fingerprint density at radius 2 is 2.18 bits per heavy atom. The third-order valence-electron chi connectivity index (χ3n) is 2.77. The summed E-state index contributed by atoms with van der Waals surface area (Å²) in [6.45, 7) is 5.06. The fourth-order valence-electron chi connectivity index (χ4n) is 1.67. The molecular formula is C14H23NOS. The molecule has 3 heteroatoms. The van der Waals surface area contributed by atoms with E-state index in [0.29, 0.717) is 0 Å². The Bertz CT molecular complexity index is 341. The third kappa shape index (κ3) is 5.11. The van der Waals surface area contributed by atoms with Crippen LogP contribution in [0.4, 0.5) is 0 Å². The number of methoxy groups -OCH3 is 1. The maximum absolute atomic E-state index is 6.04. The lowest BCUT2D eigenvalue weighted by atomic mass is 10.0. The van der Waals surface area contributed by atoms with Crippen LogP contribution in [0, 0.1) is 6.92 Å². The van der Waals surface area contributed by atoms with E-state index in [-0.39, 0.29) is 6.04 Å². The van der Waals surface area contributed by atoms with Gasteiger partial charge in [0.05, 0.1) is 6.61 Å². The van der Waals surface area contributed by atoms with Crippen molar-refractivity contribution >= 4 is 11.8 Å². The van der Waals surface area contributed by atoms with Crippen molar-refractivity contribution in [3.05, 3.63) is 29.3 Å². The second-order valence-corrected chi connectivity index (χ2v) is 5.46. The van der Waals surface area contributed by atoms with Crippen LogP contribution in [0.2, 0.25) is 0 Å². The van der Waals surface area contributed by atoms with Gasteiger partial charge in [-0.1, -0.05) is 24.6 Å². The number of rotatable bonds is 7. The van der Waals surface area contributed by atoms with E-state index in [9.17, 15) is 0 Å². The summed E-state index contributed by atoms with van der Waals surface area (Å²) in [5, 5.41) is 0. The molecule has 0 bridgehead atoms. The fourth-order valence-corrected chi connectivity index (χ4v) is 2.63. The molecule has 0 aromatic heterocycles. The van der Waals surface area contributed by atoms with Gasteiger partial charge in [0.15, 0.2) is 0 Å². The van der Waals surface area contributed by atoms with Crippen LogP contribution < -0.4 is 5.73 Å². The lowest BCUT2D eigenvalue weighted by molar-refractivity contribution is 0.218. The SMILES string of the molecule is CCC(N)Cc1cc(C)ccc1SCCOC. The second kappa shape index (κ2) is 7.75. The summed E-state index contributed by atoms with van der Waals surface area (Å²) in [4.78, 5) is 1.34. The van der Waals surface area contributed by atoms with Crippen LogP contribution in [-0.2, 0) is 11.2 Å². The molecule has 2 N–H and O–H groups in total. The van der Waals surface area contributed by atoms with E-state index in [1.54, 1.807) is 7.11 Å². The Kier molecular flexibility index (Phi) is 6.63. The van der Waals surface area contributed by atoms with Crippen LogP contribution in [0.15, 0.2) is 23.1 Å². The smallest absolute Gasteiger partial charge is 0.0556 e. The Labute approximate surface area is 109 Å². The topological polar surface area (TPSA) is 35.2 Å². The van der Waals surface area contributed by atoms with Gasteiger partial charge in [0.1, 0.15) is 0 Å². The number of hydrogen-bond donors (Lipinski definition) is 1. The largest absolute Gasteiger partial charge is 0.384 e. The summed E-state index contributed by atoms with van der Waals surface area (Å²) in [5.74, 6) is 0.994. The zero-order valence-corrected chi connectivity index (χ0v) is 11.8. The van der Waals surface area contributed by atoms with Crippen molar-refractivity contribution in [3.8, 4) is 0 Å². The monoisotopic (exact) mass is 253 g/mol. The van der Waals surface area contributed by atoms with Gasteiger partial charge in [-0.2, -0.15) is 0 Å². The molecule has 0 aliphatic heterocycles. The molecule has 0 saturated heterocycles. The van der Waals surface area contributed by atoms with Crippen molar-refractivity contribution in [2.45, 2.75) is 37.6 Å². The summed E-state index contributed by atoms with van der Waals surface area (Å²) < 4.78 is 5.08. The standard InChI is InChI=1S/C14H23NOS/c1-4-13(15)10-12-9-11(2)5-6-14(12)17-8-7-16-3/h5-6,9,13H,4,7-8,10,15H2,1-3H3. The number of hydrogen-bond acceptors (Lipinski definition) is 3. The van der Waals surface area contributed by atoms with E-state index in [0.717, 1.165) is 25.2 Å². The van der Waals surface area contributed by atoms with Crippen molar-refractivity contribution < 1.29 is 4.74 Å². The molecule has 1 atom stereocenters. The summed E-state index contributed by atoms with van der Waals surface area (Å²) >= 11 is 1.85. The molecule has 0 radical (unpaired) electrons. The summed E-state index contributed by atoms with van der Waals surface area (Å²) in [6.07, 6.45) is 1.99. The van der Waals surface area contributed by atoms with Gasteiger partial charge in [-0.25, -0.2) is 0 Å². The minimum atomic E-state index is 0.263. The van der Waals surface area contributed by atoms with Crippen LogP contribution in [-0.4, -0.2) is 25.5 Å². The van der Waals surface area contributed by atoms with Crippen molar-refractivity contribution in [1.82, 2.24) is 0 Å². The highest BCUT2D eigenvalue weighted by atomic mass is 32.2. The molecule has 0 heterocycles. The predicted octanol–water partition coefficient (Wildman–Crippen LogP) is 3.01. The molecule has 0 aliphatic rings. The predicted molar refractivity (Wildman–Crippen MR) is 75.7 cm³/mol. The van der Waals surface area contributed by atoms with Crippen LogP contribution >= 0.6 is 11.8 Å². The minimum absolute atomic E-state index is 0.263. The van der Waals surface area contributed by atoms with E-state index in [1.807, 2.05) is 11.8 Å². The van der Waals surface area contributed by atoms with E-state index in [2.05, 4.69) is 32.0 Å². The van der Waals surface area contributed by atoms with Gasteiger partial charge in [-0.05, 0) is 31.4 Å². The Hall–Kier alpha value is -0.510. The van der Waals surface area contributed by atoms with Gasteiger partial charge in [-0.3, -0.25) is 0 Å². The molecule has 0 saturated carbocycles. The first kappa shape index (κ1) is 14.6. The number of ether oxygens (including phenoxy) is 1. The van der Waals surface area contributed by atoms with Gasteiger partial charge < -0.3 is 10.5 Å². The third-order valence-corrected chi connectivity index (χ3v) is 3.85.